The van der Waals surface area contributed by atoms with Gasteiger partial charge in [-0.25, -0.2) is 4.79 Å². The zero-order chi connectivity index (χ0) is 18.0. The summed E-state index contributed by atoms with van der Waals surface area (Å²) in [4.78, 5) is 26.2. The Labute approximate surface area is 155 Å². The molecule has 126 valence electrons. The van der Waals surface area contributed by atoms with Crippen LogP contribution in [0, 0.1) is 6.92 Å². The number of carboxylic acids is 1. The maximum absolute atomic E-state index is 12.8. The molecule has 1 aliphatic rings. The minimum absolute atomic E-state index is 0.250. The number of aliphatic carboxylic acids is 1. The molecule has 1 saturated heterocycles. The summed E-state index contributed by atoms with van der Waals surface area (Å²) in [6.07, 6.45) is 1.75. The van der Waals surface area contributed by atoms with E-state index in [4.69, 9.17) is 12.2 Å². The molecule has 1 unspecified atom stereocenters. The molecule has 1 N–H and O–H groups in total. The van der Waals surface area contributed by atoms with Crippen LogP contribution >= 0.6 is 24.0 Å². The number of thioether (sulfide) groups is 1. The number of hydrogen-bond donors (Lipinski definition) is 1. The Hall–Kier alpha value is -2.44. The van der Waals surface area contributed by atoms with Crippen molar-refractivity contribution in [1.82, 2.24) is 4.90 Å². The molecule has 25 heavy (non-hydrogen) atoms. The van der Waals surface area contributed by atoms with Crippen LogP contribution in [-0.4, -0.2) is 26.2 Å². The van der Waals surface area contributed by atoms with Crippen molar-refractivity contribution in [2.24, 2.45) is 0 Å². The van der Waals surface area contributed by atoms with Gasteiger partial charge >= 0.3 is 5.97 Å². The van der Waals surface area contributed by atoms with Crippen molar-refractivity contribution in [3.63, 3.8) is 0 Å². The number of amides is 1. The van der Waals surface area contributed by atoms with E-state index < -0.39 is 12.0 Å². The molecule has 0 aromatic heterocycles. The van der Waals surface area contributed by atoms with Crippen molar-refractivity contribution in [3.8, 4) is 0 Å². The first kappa shape index (κ1) is 17.4. The van der Waals surface area contributed by atoms with Gasteiger partial charge in [-0.3, -0.25) is 9.69 Å². The molecular weight excluding hydrogens is 354 g/mol. The zero-order valence-electron chi connectivity index (χ0n) is 13.4. The van der Waals surface area contributed by atoms with E-state index >= 15 is 0 Å². The maximum Gasteiger partial charge on any atom is 0.331 e. The van der Waals surface area contributed by atoms with E-state index in [0.29, 0.717) is 10.5 Å². The van der Waals surface area contributed by atoms with E-state index in [2.05, 4.69) is 0 Å². The SMILES string of the molecule is Cc1cccc(/C=C2\SC(=S)N(C(C(=O)O)c3ccccc3)C2=O)c1. The predicted molar refractivity (Wildman–Crippen MR) is 103 cm³/mol. The number of benzene rings is 2. The first-order valence-corrected chi connectivity index (χ1v) is 8.81. The number of hydrogen-bond acceptors (Lipinski definition) is 4. The van der Waals surface area contributed by atoms with Gasteiger partial charge in [-0.2, -0.15) is 0 Å². The summed E-state index contributed by atoms with van der Waals surface area (Å²) in [5, 5.41) is 9.65. The van der Waals surface area contributed by atoms with Crippen molar-refractivity contribution in [3.05, 3.63) is 76.2 Å². The third-order valence-electron chi connectivity index (χ3n) is 3.77. The minimum Gasteiger partial charge on any atom is -0.479 e. The molecular formula is C19H15NO3S2. The molecule has 1 aliphatic heterocycles. The lowest BCUT2D eigenvalue weighted by molar-refractivity contribution is -0.145. The molecule has 2 aromatic carbocycles. The zero-order valence-corrected chi connectivity index (χ0v) is 15.0. The van der Waals surface area contributed by atoms with E-state index in [1.807, 2.05) is 31.2 Å². The molecule has 4 nitrogen and oxygen atoms in total. The summed E-state index contributed by atoms with van der Waals surface area (Å²) in [6.45, 7) is 1.97. The lowest BCUT2D eigenvalue weighted by Gasteiger charge is -2.23. The molecule has 1 atom stereocenters. The Morgan fingerprint density at radius 1 is 1.20 bits per heavy atom. The Morgan fingerprint density at radius 2 is 1.92 bits per heavy atom. The van der Waals surface area contributed by atoms with Crippen LogP contribution in [0.15, 0.2) is 59.5 Å². The number of nitrogens with zero attached hydrogens (tertiary/aromatic N) is 1. The van der Waals surface area contributed by atoms with E-state index in [1.165, 1.54) is 4.90 Å². The number of carbonyl (C=O) groups excluding carboxylic acids is 1. The Morgan fingerprint density at radius 3 is 2.56 bits per heavy atom. The number of carboxylic acid groups (broad SMARTS) is 1. The number of carbonyl (C=O) groups is 2. The van der Waals surface area contributed by atoms with Gasteiger partial charge < -0.3 is 5.11 Å². The fourth-order valence-corrected chi connectivity index (χ4v) is 3.96. The van der Waals surface area contributed by atoms with Crippen LogP contribution < -0.4 is 0 Å². The van der Waals surface area contributed by atoms with Gasteiger partial charge in [0.1, 0.15) is 4.32 Å². The highest BCUT2D eigenvalue weighted by Gasteiger charge is 2.41. The van der Waals surface area contributed by atoms with Gasteiger partial charge in [0.2, 0.25) is 0 Å². The van der Waals surface area contributed by atoms with Crippen LogP contribution in [0.3, 0.4) is 0 Å². The Bertz CT molecular complexity index is 877. The molecule has 1 amide bonds. The third kappa shape index (κ3) is 3.65. The molecule has 0 spiro atoms. The van der Waals surface area contributed by atoms with Crippen LogP contribution in [0.5, 0.6) is 0 Å². The predicted octanol–water partition coefficient (Wildman–Crippen LogP) is 4.02. The van der Waals surface area contributed by atoms with Gasteiger partial charge in [-0.15, -0.1) is 0 Å². The molecule has 0 radical (unpaired) electrons. The fraction of sp³-hybridized carbons (Fsp3) is 0.105. The van der Waals surface area contributed by atoms with Crippen LogP contribution in [-0.2, 0) is 9.59 Å². The summed E-state index contributed by atoms with van der Waals surface area (Å²) in [6, 6.07) is 15.2. The van der Waals surface area contributed by atoms with Gasteiger partial charge in [0.05, 0.1) is 4.91 Å². The molecule has 2 aromatic rings. The van der Waals surface area contributed by atoms with E-state index in [1.54, 1.807) is 36.4 Å². The first-order chi connectivity index (χ1) is 12.0. The highest BCUT2D eigenvalue weighted by molar-refractivity contribution is 8.26. The van der Waals surface area contributed by atoms with Gasteiger partial charge in [-0.05, 0) is 24.1 Å². The molecule has 0 aliphatic carbocycles. The quantitative estimate of drug-likeness (QED) is 0.651. The summed E-state index contributed by atoms with van der Waals surface area (Å²) in [7, 11) is 0. The summed E-state index contributed by atoms with van der Waals surface area (Å²) in [5.41, 5.74) is 2.48. The number of aryl methyl sites for hydroxylation is 1. The van der Waals surface area contributed by atoms with Crippen LogP contribution in [0.1, 0.15) is 22.7 Å². The molecule has 0 bridgehead atoms. The van der Waals surface area contributed by atoms with Crippen molar-refractivity contribution >= 4 is 46.3 Å². The summed E-state index contributed by atoms with van der Waals surface area (Å²) >= 11 is 6.42. The molecule has 0 saturated carbocycles. The average Bonchev–Trinajstić information content (AvgIpc) is 2.84. The number of thiocarbonyl (C=S) groups is 1. The van der Waals surface area contributed by atoms with Crippen LogP contribution in [0.2, 0.25) is 0 Å². The van der Waals surface area contributed by atoms with Gasteiger partial charge in [0.15, 0.2) is 6.04 Å². The lowest BCUT2D eigenvalue weighted by atomic mass is 10.1. The molecule has 1 fully saturated rings. The monoisotopic (exact) mass is 369 g/mol. The van der Waals surface area contributed by atoms with Gasteiger partial charge in [0.25, 0.3) is 5.91 Å². The molecule has 1 heterocycles. The maximum atomic E-state index is 12.8. The smallest absolute Gasteiger partial charge is 0.331 e. The lowest BCUT2D eigenvalue weighted by Crippen LogP contribution is -2.37. The largest absolute Gasteiger partial charge is 0.479 e. The Balaban J connectivity index is 1.96. The fourth-order valence-electron chi connectivity index (χ4n) is 2.65. The molecule has 6 heteroatoms. The van der Waals surface area contributed by atoms with Crippen molar-refractivity contribution in [1.29, 1.82) is 0 Å². The average molecular weight is 369 g/mol. The normalized spacial score (nSPS) is 17.2. The highest BCUT2D eigenvalue weighted by Crippen LogP contribution is 2.38. The van der Waals surface area contributed by atoms with E-state index in [9.17, 15) is 14.7 Å². The Kier molecular flexibility index (Phi) is 5.01. The van der Waals surface area contributed by atoms with Gasteiger partial charge in [-0.1, -0.05) is 84.1 Å². The summed E-state index contributed by atoms with van der Waals surface area (Å²) in [5.74, 6) is -1.49. The van der Waals surface area contributed by atoms with Crippen molar-refractivity contribution < 1.29 is 14.7 Å². The van der Waals surface area contributed by atoms with E-state index in [0.717, 1.165) is 22.9 Å². The minimum atomic E-state index is -1.13. The third-order valence-corrected chi connectivity index (χ3v) is 5.10. The van der Waals surface area contributed by atoms with Crippen molar-refractivity contribution in [2.45, 2.75) is 13.0 Å². The molecule has 3 rings (SSSR count). The van der Waals surface area contributed by atoms with Gasteiger partial charge in [0, 0.05) is 0 Å². The van der Waals surface area contributed by atoms with Crippen molar-refractivity contribution in [2.75, 3.05) is 0 Å². The second-order valence-corrected chi connectivity index (χ2v) is 7.29. The standard InChI is InChI=1S/C19H15NO3S2/c1-12-6-5-7-13(10-12)11-15-17(21)20(19(24)25-15)16(18(22)23)14-8-3-2-4-9-14/h2-11,16H,1H3,(H,22,23)/b15-11-. The summed E-state index contributed by atoms with van der Waals surface area (Å²) < 4.78 is 0.250. The highest BCUT2D eigenvalue weighted by atomic mass is 32.2. The second-order valence-electron chi connectivity index (χ2n) is 5.62. The topological polar surface area (TPSA) is 57.6 Å². The first-order valence-electron chi connectivity index (χ1n) is 7.59. The van der Waals surface area contributed by atoms with Crippen LogP contribution in [0.4, 0.5) is 0 Å². The van der Waals surface area contributed by atoms with E-state index in [-0.39, 0.29) is 10.2 Å². The number of rotatable bonds is 4. The van der Waals surface area contributed by atoms with Crippen LogP contribution in [0.25, 0.3) is 6.08 Å². The second kappa shape index (κ2) is 7.21.